The Kier molecular flexibility index (Phi) is 8.33. The van der Waals surface area contributed by atoms with E-state index in [0.29, 0.717) is 24.6 Å². The van der Waals surface area contributed by atoms with Crippen LogP contribution in [0.15, 0.2) is 0 Å². The van der Waals surface area contributed by atoms with E-state index in [-0.39, 0.29) is 24.7 Å². The van der Waals surface area contributed by atoms with Gasteiger partial charge in [0.2, 0.25) is 5.91 Å². The summed E-state index contributed by atoms with van der Waals surface area (Å²) in [5.41, 5.74) is 0. The molecular formula is C20H38N4O3. The van der Waals surface area contributed by atoms with Crippen LogP contribution in [-0.4, -0.2) is 62.8 Å². The second-order valence-corrected chi connectivity index (χ2v) is 8.51. The Balaban J connectivity index is 1.31. The standard InChI is InChI=1S/C20H38N4O3/c1-27-18-8-4-14(5-9-18)16-12-22-20(23-13-16)24-17-6-2-15(3-7-17)19(26)21-10-11-25/h14-18,20,22-25H,2-13H2,1H3,(H,21,26). The van der Waals surface area contributed by atoms with Gasteiger partial charge >= 0.3 is 0 Å². The molecule has 0 spiro atoms. The molecule has 1 saturated heterocycles. The molecule has 3 aliphatic rings. The van der Waals surface area contributed by atoms with Gasteiger partial charge in [0.25, 0.3) is 0 Å². The number of methoxy groups -OCH3 is 1. The molecule has 3 fully saturated rings. The highest BCUT2D eigenvalue weighted by Gasteiger charge is 2.32. The molecule has 3 rings (SSSR count). The summed E-state index contributed by atoms with van der Waals surface area (Å²) in [6.45, 7) is 2.52. The summed E-state index contributed by atoms with van der Waals surface area (Å²) in [5.74, 6) is 1.73. The molecule has 2 saturated carbocycles. The Bertz CT molecular complexity index is 441. The smallest absolute Gasteiger partial charge is 0.223 e. The van der Waals surface area contributed by atoms with E-state index in [4.69, 9.17) is 9.84 Å². The SMILES string of the molecule is COC1CCC(C2CNC(NC3CCC(C(=O)NCCO)CC3)NC2)CC1. The van der Waals surface area contributed by atoms with Crippen LogP contribution in [0.1, 0.15) is 51.4 Å². The Morgan fingerprint density at radius 1 is 1.00 bits per heavy atom. The number of rotatable bonds is 7. The lowest BCUT2D eigenvalue weighted by Crippen LogP contribution is -2.63. The number of hydrogen-bond acceptors (Lipinski definition) is 6. The van der Waals surface area contributed by atoms with Crippen LogP contribution in [0.25, 0.3) is 0 Å². The van der Waals surface area contributed by atoms with Crippen molar-refractivity contribution in [3.05, 3.63) is 0 Å². The predicted molar refractivity (Wildman–Crippen MR) is 105 cm³/mol. The van der Waals surface area contributed by atoms with Gasteiger partial charge in [-0.05, 0) is 63.2 Å². The van der Waals surface area contributed by atoms with Gasteiger partial charge in [0.15, 0.2) is 0 Å². The maximum atomic E-state index is 12.0. The molecule has 156 valence electrons. The number of ether oxygens (including phenoxy) is 1. The lowest BCUT2D eigenvalue weighted by molar-refractivity contribution is -0.126. The first kappa shape index (κ1) is 21.0. The van der Waals surface area contributed by atoms with E-state index in [0.717, 1.165) is 44.7 Å². The van der Waals surface area contributed by atoms with Crippen molar-refractivity contribution in [3.63, 3.8) is 0 Å². The van der Waals surface area contributed by atoms with Gasteiger partial charge < -0.3 is 15.2 Å². The molecule has 0 atom stereocenters. The topological polar surface area (TPSA) is 94.7 Å². The van der Waals surface area contributed by atoms with E-state index in [2.05, 4.69) is 21.3 Å². The number of carbonyl (C=O) groups is 1. The lowest BCUT2D eigenvalue weighted by Gasteiger charge is -2.40. The van der Waals surface area contributed by atoms with Crippen molar-refractivity contribution in [2.75, 3.05) is 33.4 Å². The van der Waals surface area contributed by atoms with Crippen LogP contribution in [0, 0.1) is 17.8 Å². The first-order valence-corrected chi connectivity index (χ1v) is 10.8. The highest BCUT2D eigenvalue weighted by atomic mass is 16.5. The van der Waals surface area contributed by atoms with E-state index >= 15 is 0 Å². The molecule has 0 aromatic heterocycles. The summed E-state index contributed by atoms with van der Waals surface area (Å²) < 4.78 is 5.49. The summed E-state index contributed by atoms with van der Waals surface area (Å²) in [6, 6.07) is 0.464. The minimum Gasteiger partial charge on any atom is -0.395 e. The third-order valence-corrected chi connectivity index (χ3v) is 6.80. The highest BCUT2D eigenvalue weighted by Crippen LogP contribution is 2.32. The van der Waals surface area contributed by atoms with Gasteiger partial charge in [-0.1, -0.05) is 0 Å². The fourth-order valence-electron chi connectivity index (χ4n) is 5.01. The molecule has 0 radical (unpaired) electrons. The fraction of sp³-hybridized carbons (Fsp3) is 0.950. The van der Waals surface area contributed by atoms with Crippen LogP contribution >= 0.6 is 0 Å². The number of nitrogens with one attached hydrogen (secondary N) is 4. The third-order valence-electron chi connectivity index (χ3n) is 6.80. The van der Waals surface area contributed by atoms with Crippen molar-refractivity contribution in [2.45, 2.75) is 69.8 Å². The zero-order chi connectivity index (χ0) is 19.1. The predicted octanol–water partition coefficient (Wildman–Crippen LogP) is 0.541. The Hall–Kier alpha value is -0.730. The Labute approximate surface area is 163 Å². The van der Waals surface area contributed by atoms with Crippen LogP contribution in [-0.2, 0) is 9.53 Å². The van der Waals surface area contributed by atoms with Gasteiger partial charge in [0.05, 0.1) is 12.7 Å². The summed E-state index contributed by atoms with van der Waals surface area (Å²) in [4.78, 5) is 12.0. The van der Waals surface area contributed by atoms with Crippen LogP contribution in [0.3, 0.4) is 0 Å². The van der Waals surface area contributed by atoms with Crippen molar-refractivity contribution in [2.24, 2.45) is 17.8 Å². The van der Waals surface area contributed by atoms with Crippen LogP contribution in [0.2, 0.25) is 0 Å². The zero-order valence-electron chi connectivity index (χ0n) is 16.7. The van der Waals surface area contributed by atoms with Gasteiger partial charge in [-0.25, -0.2) is 0 Å². The van der Waals surface area contributed by atoms with Gasteiger partial charge in [-0.2, -0.15) is 0 Å². The molecule has 7 nitrogen and oxygen atoms in total. The quantitative estimate of drug-likeness (QED) is 0.441. The lowest BCUT2D eigenvalue weighted by atomic mass is 9.78. The molecule has 1 aliphatic heterocycles. The number of aliphatic hydroxyl groups is 1. The van der Waals surface area contributed by atoms with Gasteiger partial charge in [-0.15, -0.1) is 0 Å². The zero-order valence-corrected chi connectivity index (χ0v) is 16.7. The van der Waals surface area contributed by atoms with Crippen molar-refractivity contribution >= 4 is 5.91 Å². The Morgan fingerprint density at radius 3 is 2.26 bits per heavy atom. The molecular weight excluding hydrogens is 344 g/mol. The van der Waals surface area contributed by atoms with Crippen molar-refractivity contribution in [1.29, 1.82) is 0 Å². The summed E-state index contributed by atoms with van der Waals surface area (Å²) in [6.07, 6.45) is 9.54. The average molecular weight is 383 g/mol. The molecule has 7 heteroatoms. The van der Waals surface area contributed by atoms with Gasteiger partial charge in [0.1, 0.15) is 6.29 Å². The summed E-state index contributed by atoms with van der Waals surface area (Å²) >= 11 is 0. The van der Waals surface area contributed by atoms with Crippen LogP contribution < -0.4 is 21.3 Å². The molecule has 2 aliphatic carbocycles. The van der Waals surface area contributed by atoms with Crippen molar-refractivity contribution in [3.8, 4) is 0 Å². The molecule has 0 bridgehead atoms. The Morgan fingerprint density at radius 2 is 1.67 bits per heavy atom. The molecule has 5 N–H and O–H groups in total. The van der Waals surface area contributed by atoms with E-state index in [1.165, 1.54) is 25.7 Å². The van der Waals surface area contributed by atoms with Gasteiger partial charge in [-0.3, -0.25) is 20.7 Å². The largest absolute Gasteiger partial charge is 0.395 e. The second-order valence-electron chi connectivity index (χ2n) is 8.51. The maximum absolute atomic E-state index is 12.0. The minimum atomic E-state index is 0.0104. The average Bonchev–Trinajstić information content (AvgIpc) is 2.73. The molecule has 0 aromatic carbocycles. The second kappa shape index (κ2) is 10.7. The number of carbonyl (C=O) groups excluding carboxylic acids is 1. The maximum Gasteiger partial charge on any atom is 0.223 e. The van der Waals surface area contributed by atoms with E-state index in [1.54, 1.807) is 0 Å². The molecule has 1 heterocycles. The number of aliphatic hydroxyl groups excluding tert-OH is 1. The summed E-state index contributed by atoms with van der Waals surface area (Å²) in [7, 11) is 1.83. The number of hydrogen-bond donors (Lipinski definition) is 5. The van der Waals surface area contributed by atoms with E-state index < -0.39 is 0 Å². The molecule has 27 heavy (non-hydrogen) atoms. The number of amides is 1. The van der Waals surface area contributed by atoms with E-state index in [9.17, 15) is 4.79 Å². The highest BCUT2D eigenvalue weighted by molar-refractivity contribution is 5.78. The first-order chi connectivity index (χ1) is 13.2. The molecule has 0 unspecified atom stereocenters. The van der Waals surface area contributed by atoms with Gasteiger partial charge in [0, 0.05) is 38.7 Å². The van der Waals surface area contributed by atoms with Crippen LogP contribution in [0.4, 0.5) is 0 Å². The van der Waals surface area contributed by atoms with E-state index in [1.807, 2.05) is 7.11 Å². The summed E-state index contributed by atoms with van der Waals surface area (Å²) in [5, 5.41) is 22.6. The van der Waals surface area contributed by atoms with Crippen molar-refractivity contribution < 1.29 is 14.6 Å². The fourth-order valence-corrected chi connectivity index (χ4v) is 5.01. The monoisotopic (exact) mass is 382 g/mol. The normalized spacial score (nSPS) is 37.7. The van der Waals surface area contributed by atoms with Crippen LogP contribution in [0.5, 0.6) is 0 Å². The third kappa shape index (κ3) is 6.12. The minimum absolute atomic E-state index is 0.0104. The first-order valence-electron chi connectivity index (χ1n) is 10.8. The molecule has 0 aromatic rings. The van der Waals surface area contributed by atoms with Crippen molar-refractivity contribution in [1.82, 2.24) is 21.3 Å². The molecule has 1 amide bonds.